The molecule has 1 fully saturated rings. The van der Waals surface area contributed by atoms with Crippen molar-refractivity contribution in [2.75, 3.05) is 18.6 Å². The van der Waals surface area contributed by atoms with Crippen molar-refractivity contribution in [2.45, 2.75) is 33.7 Å². The van der Waals surface area contributed by atoms with Crippen LogP contribution in [0.4, 0.5) is 5.69 Å². The van der Waals surface area contributed by atoms with Crippen molar-refractivity contribution in [2.24, 2.45) is 5.92 Å². The van der Waals surface area contributed by atoms with Gasteiger partial charge in [-0.05, 0) is 72.9 Å². The first-order chi connectivity index (χ1) is 17.2. The summed E-state index contributed by atoms with van der Waals surface area (Å²) in [5, 5.41) is 11.4. The normalized spacial score (nSPS) is 17.1. The van der Waals surface area contributed by atoms with E-state index in [1.165, 1.54) is 4.90 Å². The number of aliphatic hydroxyl groups excluding tert-OH is 1. The van der Waals surface area contributed by atoms with Crippen LogP contribution in [-0.2, 0) is 9.59 Å². The van der Waals surface area contributed by atoms with E-state index in [0.717, 1.165) is 11.1 Å². The number of Topliss-reactive ketones (excluding diaryl/α,β-unsaturated/α-hetero) is 1. The molecule has 0 aromatic heterocycles. The van der Waals surface area contributed by atoms with Crippen LogP contribution in [0.2, 0.25) is 0 Å². The third kappa shape index (κ3) is 4.71. The molecule has 1 saturated heterocycles. The number of ketones is 1. The summed E-state index contributed by atoms with van der Waals surface area (Å²) in [6.45, 7) is 8.49. The van der Waals surface area contributed by atoms with E-state index in [1.54, 1.807) is 49.6 Å². The maximum atomic E-state index is 13.4. The summed E-state index contributed by atoms with van der Waals surface area (Å²) in [5.41, 5.74) is 3.42. The second-order valence-corrected chi connectivity index (χ2v) is 9.42. The van der Waals surface area contributed by atoms with E-state index in [9.17, 15) is 14.7 Å². The van der Waals surface area contributed by atoms with Crippen molar-refractivity contribution >= 4 is 23.1 Å². The number of para-hydroxylation sites is 1. The van der Waals surface area contributed by atoms with Crippen molar-refractivity contribution < 1.29 is 24.2 Å². The maximum Gasteiger partial charge on any atom is 0.300 e. The third-order valence-corrected chi connectivity index (χ3v) is 6.25. The van der Waals surface area contributed by atoms with E-state index in [1.807, 2.05) is 38.1 Å². The Labute approximate surface area is 211 Å². The van der Waals surface area contributed by atoms with Crippen molar-refractivity contribution in [3.8, 4) is 11.5 Å². The van der Waals surface area contributed by atoms with Crippen LogP contribution < -0.4 is 14.4 Å². The molecule has 1 unspecified atom stereocenters. The number of amides is 1. The van der Waals surface area contributed by atoms with Gasteiger partial charge in [-0.15, -0.1) is 0 Å². The van der Waals surface area contributed by atoms with E-state index in [0.29, 0.717) is 40.8 Å². The Hall–Kier alpha value is -4.06. The number of carbonyl (C=O) groups is 2. The minimum absolute atomic E-state index is 0.0340. The number of methoxy groups -OCH3 is 1. The molecule has 1 heterocycles. The number of aryl methyl sites for hydroxylation is 2. The number of hydrogen-bond acceptors (Lipinski definition) is 5. The minimum atomic E-state index is -0.821. The number of nitrogens with zero attached hydrogens (tertiary/aromatic N) is 1. The lowest BCUT2D eigenvalue weighted by atomic mass is 9.94. The average Bonchev–Trinajstić information content (AvgIpc) is 3.13. The quantitative estimate of drug-likeness (QED) is 0.253. The highest BCUT2D eigenvalue weighted by Gasteiger charge is 2.47. The van der Waals surface area contributed by atoms with Crippen LogP contribution in [0.5, 0.6) is 11.5 Å². The molecule has 0 bridgehead atoms. The van der Waals surface area contributed by atoms with Crippen molar-refractivity contribution in [1.82, 2.24) is 0 Å². The lowest BCUT2D eigenvalue weighted by Crippen LogP contribution is -2.30. The van der Waals surface area contributed by atoms with E-state index in [4.69, 9.17) is 9.47 Å². The van der Waals surface area contributed by atoms with E-state index >= 15 is 0 Å². The van der Waals surface area contributed by atoms with Gasteiger partial charge in [0.15, 0.2) is 0 Å². The first-order valence-electron chi connectivity index (χ1n) is 12.0. The second-order valence-electron chi connectivity index (χ2n) is 9.42. The summed E-state index contributed by atoms with van der Waals surface area (Å²) in [4.78, 5) is 28.3. The number of ether oxygens (including phenoxy) is 2. The van der Waals surface area contributed by atoms with Crippen LogP contribution in [0, 0.1) is 19.8 Å². The fraction of sp³-hybridized carbons (Fsp3) is 0.267. The average molecular weight is 486 g/mol. The molecule has 6 heteroatoms. The fourth-order valence-electron chi connectivity index (χ4n) is 4.41. The first kappa shape index (κ1) is 25.0. The third-order valence-electron chi connectivity index (χ3n) is 6.25. The smallest absolute Gasteiger partial charge is 0.300 e. The van der Waals surface area contributed by atoms with Gasteiger partial charge in [-0.25, -0.2) is 0 Å². The molecule has 1 aliphatic heterocycles. The SMILES string of the molecule is COc1cccc(C2/C(=C(/O)c3ccc(OCC(C)C)c(C)c3)C(=O)C(=O)N2c2ccccc2C)c1. The molecular formula is C30H31NO5. The summed E-state index contributed by atoms with van der Waals surface area (Å²) in [7, 11) is 1.56. The van der Waals surface area contributed by atoms with Gasteiger partial charge < -0.3 is 14.6 Å². The van der Waals surface area contributed by atoms with Gasteiger partial charge in [0.05, 0.1) is 25.3 Å². The predicted octanol–water partition coefficient (Wildman–Crippen LogP) is 5.97. The van der Waals surface area contributed by atoms with E-state index in [-0.39, 0.29) is 11.3 Å². The number of rotatable bonds is 7. The van der Waals surface area contributed by atoms with Gasteiger partial charge in [0.2, 0.25) is 0 Å². The molecule has 186 valence electrons. The van der Waals surface area contributed by atoms with Crippen LogP contribution in [-0.4, -0.2) is 30.5 Å². The lowest BCUT2D eigenvalue weighted by molar-refractivity contribution is -0.132. The summed E-state index contributed by atoms with van der Waals surface area (Å²) in [6, 6.07) is 19.0. The summed E-state index contributed by atoms with van der Waals surface area (Å²) >= 11 is 0. The number of benzene rings is 3. The van der Waals surface area contributed by atoms with Gasteiger partial charge in [-0.3, -0.25) is 14.5 Å². The van der Waals surface area contributed by atoms with Crippen molar-refractivity contribution in [3.05, 3.63) is 94.6 Å². The summed E-state index contributed by atoms with van der Waals surface area (Å²) in [6.07, 6.45) is 0. The molecule has 3 aromatic rings. The Bertz CT molecular complexity index is 1340. The van der Waals surface area contributed by atoms with Gasteiger partial charge in [-0.2, -0.15) is 0 Å². The molecule has 1 N–H and O–H groups in total. The topological polar surface area (TPSA) is 76.1 Å². The standard InChI is InChI=1S/C30H31NO5/c1-18(2)17-36-25-14-13-22(15-20(25)4)28(32)26-27(21-10-8-11-23(16-21)35-5)31(30(34)29(26)33)24-12-7-6-9-19(24)3/h6-16,18,27,32H,17H2,1-5H3/b28-26-. The highest BCUT2D eigenvalue weighted by Crippen LogP contribution is 2.43. The predicted molar refractivity (Wildman–Crippen MR) is 140 cm³/mol. The van der Waals surface area contributed by atoms with Gasteiger partial charge in [0, 0.05) is 11.3 Å². The Morgan fingerprint density at radius 3 is 2.39 bits per heavy atom. The highest BCUT2D eigenvalue weighted by molar-refractivity contribution is 6.51. The van der Waals surface area contributed by atoms with Gasteiger partial charge in [-0.1, -0.05) is 44.2 Å². The summed E-state index contributed by atoms with van der Waals surface area (Å²) < 4.78 is 11.3. The van der Waals surface area contributed by atoms with Gasteiger partial charge in [0.25, 0.3) is 11.7 Å². The van der Waals surface area contributed by atoms with Gasteiger partial charge in [0.1, 0.15) is 17.3 Å². The molecule has 36 heavy (non-hydrogen) atoms. The minimum Gasteiger partial charge on any atom is -0.507 e. The molecule has 4 rings (SSSR count). The maximum absolute atomic E-state index is 13.4. The summed E-state index contributed by atoms with van der Waals surface area (Å²) in [5.74, 6) is 0.0255. The molecule has 3 aromatic carbocycles. The zero-order valence-corrected chi connectivity index (χ0v) is 21.2. The van der Waals surface area contributed by atoms with E-state index < -0.39 is 17.7 Å². The molecule has 0 aliphatic carbocycles. The molecule has 1 aliphatic rings. The Kier molecular flexibility index (Phi) is 7.15. The van der Waals surface area contributed by atoms with Crippen LogP contribution in [0.15, 0.2) is 72.3 Å². The zero-order chi connectivity index (χ0) is 26.0. The zero-order valence-electron chi connectivity index (χ0n) is 21.2. The molecular weight excluding hydrogens is 454 g/mol. The molecule has 0 saturated carbocycles. The molecule has 6 nitrogen and oxygen atoms in total. The monoisotopic (exact) mass is 485 g/mol. The number of hydrogen-bond donors (Lipinski definition) is 1. The highest BCUT2D eigenvalue weighted by atomic mass is 16.5. The Morgan fingerprint density at radius 2 is 1.72 bits per heavy atom. The second kappa shape index (κ2) is 10.3. The number of carbonyl (C=O) groups excluding carboxylic acids is 2. The fourth-order valence-corrected chi connectivity index (χ4v) is 4.41. The van der Waals surface area contributed by atoms with Crippen LogP contribution >= 0.6 is 0 Å². The molecule has 0 radical (unpaired) electrons. The van der Waals surface area contributed by atoms with Crippen molar-refractivity contribution in [1.29, 1.82) is 0 Å². The lowest BCUT2D eigenvalue weighted by Gasteiger charge is -2.27. The molecule has 1 amide bonds. The van der Waals surface area contributed by atoms with Crippen LogP contribution in [0.3, 0.4) is 0 Å². The van der Waals surface area contributed by atoms with Crippen molar-refractivity contribution in [3.63, 3.8) is 0 Å². The van der Waals surface area contributed by atoms with E-state index in [2.05, 4.69) is 13.8 Å². The molecule has 1 atom stereocenters. The first-order valence-corrected chi connectivity index (χ1v) is 12.0. The number of aliphatic hydroxyl groups is 1. The Morgan fingerprint density at radius 1 is 0.972 bits per heavy atom. The van der Waals surface area contributed by atoms with Gasteiger partial charge >= 0.3 is 0 Å². The largest absolute Gasteiger partial charge is 0.507 e. The Balaban J connectivity index is 1.88. The molecule has 0 spiro atoms. The van der Waals surface area contributed by atoms with Crippen LogP contribution in [0.1, 0.15) is 42.1 Å². The van der Waals surface area contributed by atoms with Crippen LogP contribution in [0.25, 0.3) is 5.76 Å². The number of anilines is 1.